The minimum atomic E-state index is -0.248. The number of hydrogen-bond donors (Lipinski definition) is 3. The fraction of sp³-hybridized carbons (Fsp3) is 0.235. The van der Waals surface area contributed by atoms with Gasteiger partial charge in [0, 0.05) is 38.6 Å². The molecule has 0 saturated carbocycles. The second-order valence-electron chi connectivity index (χ2n) is 5.54. The molecule has 0 radical (unpaired) electrons. The number of pyridine rings is 1. The van der Waals surface area contributed by atoms with Crippen LogP contribution in [0.2, 0.25) is 0 Å². The summed E-state index contributed by atoms with van der Waals surface area (Å²) in [5, 5.41) is 13.1. The zero-order valence-corrected chi connectivity index (χ0v) is 15.0. The average Bonchev–Trinajstić information content (AvgIpc) is 3.07. The molecule has 0 saturated heterocycles. The Morgan fingerprint density at radius 2 is 2.00 bits per heavy atom. The lowest BCUT2D eigenvalue weighted by molar-refractivity contribution is 0.0952. The number of rotatable bonds is 8. The number of ether oxygens (including phenoxy) is 1. The van der Waals surface area contributed by atoms with Crippen LogP contribution in [0.3, 0.4) is 0 Å². The van der Waals surface area contributed by atoms with E-state index in [1.165, 1.54) is 18.1 Å². The first-order chi connectivity index (χ1) is 13.2. The molecule has 0 unspecified atom stereocenters. The van der Waals surface area contributed by atoms with Crippen LogP contribution in [0.1, 0.15) is 10.4 Å². The number of nitrogens with zero attached hydrogens (tertiary/aromatic N) is 5. The standard InChI is InChI=1S/C17H20N8O2/c1-25-10-12(17(24-25)27-2)16(26)20-8-7-19-14-9-15(22-11-21-14)23-13-5-3-4-6-18-13/h3-6,9-11H,7-8H2,1-2H3,(H,20,26)(H2,18,19,21,22,23). The molecule has 0 aromatic carbocycles. The fourth-order valence-corrected chi connectivity index (χ4v) is 2.33. The number of hydrogen-bond acceptors (Lipinski definition) is 8. The third kappa shape index (κ3) is 4.91. The van der Waals surface area contributed by atoms with Crippen molar-refractivity contribution >= 4 is 23.4 Å². The molecule has 0 fully saturated rings. The number of amides is 1. The van der Waals surface area contributed by atoms with Gasteiger partial charge in [0.25, 0.3) is 5.91 Å². The van der Waals surface area contributed by atoms with Crippen molar-refractivity contribution in [3.63, 3.8) is 0 Å². The largest absolute Gasteiger partial charge is 0.479 e. The number of carbonyl (C=O) groups excluding carboxylic acids is 1. The lowest BCUT2D eigenvalue weighted by Gasteiger charge is -2.09. The molecule has 0 atom stereocenters. The molecule has 10 nitrogen and oxygen atoms in total. The van der Waals surface area contributed by atoms with Gasteiger partial charge in [-0.25, -0.2) is 15.0 Å². The van der Waals surface area contributed by atoms with Crippen molar-refractivity contribution < 1.29 is 9.53 Å². The normalized spacial score (nSPS) is 10.3. The predicted molar refractivity (Wildman–Crippen MR) is 100 cm³/mol. The molecular formula is C17H20N8O2. The van der Waals surface area contributed by atoms with Crippen molar-refractivity contribution in [1.82, 2.24) is 30.0 Å². The molecule has 3 heterocycles. The first-order valence-corrected chi connectivity index (χ1v) is 8.25. The maximum atomic E-state index is 12.2. The van der Waals surface area contributed by atoms with E-state index in [0.29, 0.717) is 42.0 Å². The number of aryl methyl sites for hydroxylation is 1. The zero-order valence-electron chi connectivity index (χ0n) is 15.0. The fourth-order valence-electron chi connectivity index (χ4n) is 2.33. The molecule has 3 rings (SSSR count). The van der Waals surface area contributed by atoms with Crippen molar-refractivity contribution in [3.05, 3.63) is 48.5 Å². The van der Waals surface area contributed by atoms with Crippen molar-refractivity contribution in [2.24, 2.45) is 7.05 Å². The predicted octanol–water partition coefficient (Wildman–Crippen LogP) is 1.20. The second-order valence-corrected chi connectivity index (χ2v) is 5.54. The van der Waals surface area contributed by atoms with E-state index in [4.69, 9.17) is 4.74 Å². The van der Waals surface area contributed by atoms with Gasteiger partial charge in [-0.1, -0.05) is 6.07 Å². The van der Waals surface area contributed by atoms with Crippen molar-refractivity contribution in [2.75, 3.05) is 30.8 Å². The van der Waals surface area contributed by atoms with Crippen LogP contribution >= 0.6 is 0 Å². The van der Waals surface area contributed by atoms with Crippen molar-refractivity contribution in [1.29, 1.82) is 0 Å². The van der Waals surface area contributed by atoms with Crippen molar-refractivity contribution in [3.8, 4) is 5.88 Å². The van der Waals surface area contributed by atoms with Crippen LogP contribution < -0.4 is 20.7 Å². The van der Waals surface area contributed by atoms with Gasteiger partial charge in [-0.2, -0.15) is 0 Å². The van der Waals surface area contributed by atoms with Crippen molar-refractivity contribution in [2.45, 2.75) is 0 Å². The highest BCUT2D eigenvalue weighted by Crippen LogP contribution is 2.15. The summed E-state index contributed by atoms with van der Waals surface area (Å²) in [4.78, 5) is 24.7. The summed E-state index contributed by atoms with van der Waals surface area (Å²) in [5.74, 6) is 2.00. The Bertz CT molecular complexity index is 897. The lowest BCUT2D eigenvalue weighted by atomic mass is 10.3. The van der Waals surface area contributed by atoms with Gasteiger partial charge in [-0.05, 0) is 12.1 Å². The second kappa shape index (κ2) is 8.61. The Balaban J connectivity index is 1.49. The summed E-state index contributed by atoms with van der Waals surface area (Å²) in [6.07, 6.45) is 4.76. The smallest absolute Gasteiger partial charge is 0.258 e. The number of anilines is 3. The van der Waals surface area contributed by atoms with Crippen LogP contribution in [0, 0.1) is 0 Å². The van der Waals surface area contributed by atoms with Gasteiger partial charge >= 0.3 is 0 Å². The summed E-state index contributed by atoms with van der Waals surface area (Å²) in [5.41, 5.74) is 0.392. The van der Waals surface area contributed by atoms with E-state index in [2.05, 4.69) is 36.0 Å². The van der Waals surface area contributed by atoms with Gasteiger partial charge in [0.15, 0.2) is 0 Å². The minimum absolute atomic E-state index is 0.248. The van der Waals surface area contributed by atoms with Crippen LogP contribution in [0.15, 0.2) is 43.0 Å². The summed E-state index contributed by atoms with van der Waals surface area (Å²) < 4.78 is 6.62. The molecule has 0 spiro atoms. The van der Waals surface area contributed by atoms with Crippen LogP contribution in [-0.2, 0) is 7.05 Å². The van der Waals surface area contributed by atoms with Gasteiger partial charge in [-0.15, -0.1) is 5.10 Å². The van der Waals surface area contributed by atoms with E-state index in [1.54, 1.807) is 25.5 Å². The highest BCUT2D eigenvalue weighted by molar-refractivity contribution is 5.96. The van der Waals surface area contributed by atoms with Gasteiger partial charge in [0.1, 0.15) is 29.3 Å². The Morgan fingerprint density at radius 3 is 2.78 bits per heavy atom. The highest BCUT2D eigenvalue weighted by Gasteiger charge is 2.15. The summed E-state index contributed by atoms with van der Waals surface area (Å²) >= 11 is 0. The molecule has 3 N–H and O–H groups in total. The van der Waals surface area contributed by atoms with E-state index in [0.717, 1.165) is 0 Å². The Hall–Kier alpha value is -3.69. The van der Waals surface area contributed by atoms with Gasteiger partial charge in [0.2, 0.25) is 5.88 Å². The monoisotopic (exact) mass is 368 g/mol. The molecule has 0 aliphatic rings. The van der Waals surface area contributed by atoms with E-state index < -0.39 is 0 Å². The third-order valence-corrected chi connectivity index (χ3v) is 3.54. The summed E-state index contributed by atoms with van der Waals surface area (Å²) in [7, 11) is 3.21. The van der Waals surface area contributed by atoms with Gasteiger partial charge < -0.3 is 20.7 Å². The quantitative estimate of drug-likeness (QED) is 0.508. The Morgan fingerprint density at radius 1 is 1.15 bits per heavy atom. The highest BCUT2D eigenvalue weighted by atomic mass is 16.5. The topological polar surface area (TPSA) is 119 Å². The van der Waals surface area contributed by atoms with Crippen LogP contribution in [0.25, 0.3) is 0 Å². The van der Waals surface area contributed by atoms with Crippen LogP contribution in [-0.4, -0.2) is 50.8 Å². The van der Waals surface area contributed by atoms with E-state index in [-0.39, 0.29) is 5.91 Å². The molecule has 27 heavy (non-hydrogen) atoms. The molecule has 1 amide bonds. The molecule has 140 valence electrons. The molecule has 0 bridgehead atoms. The summed E-state index contributed by atoms with van der Waals surface area (Å²) in [6.45, 7) is 0.901. The minimum Gasteiger partial charge on any atom is -0.479 e. The number of carbonyl (C=O) groups is 1. The SMILES string of the molecule is COc1nn(C)cc1C(=O)NCCNc1cc(Nc2ccccn2)ncn1. The number of nitrogens with one attached hydrogen (secondary N) is 3. The lowest BCUT2D eigenvalue weighted by Crippen LogP contribution is -2.29. The number of aromatic nitrogens is 5. The Kier molecular flexibility index (Phi) is 5.77. The van der Waals surface area contributed by atoms with Crippen LogP contribution in [0.4, 0.5) is 17.5 Å². The molecule has 0 aliphatic carbocycles. The summed E-state index contributed by atoms with van der Waals surface area (Å²) in [6, 6.07) is 7.33. The first-order valence-electron chi connectivity index (χ1n) is 8.25. The molecule has 10 heteroatoms. The number of methoxy groups -OCH3 is 1. The van der Waals surface area contributed by atoms with Crippen LogP contribution in [0.5, 0.6) is 5.88 Å². The molecule has 0 aliphatic heterocycles. The molecule has 3 aromatic heterocycles. The maximum Gasteiger partial charge on any atom is 0.258 e. The molecular weight excluding hydrogens is 348 g/mol. The van der Waals surface area contributed by atoms with E-state index in [9.17, 15) is 4.79 Å². The van der Waals surface area contributed by atoms with E-state index >= 15 is 0 Å². The van der Waals surface area contributed by atoms with Gasteiger partial charge in [-0.3, -0.25) is 9.48 Å². The molecule has 3 aromatic rings. The van der Waals surface area contributed by atoms with E-state index in [1.807, 2.05) is 18.2 Å². The maximum absolute atomic E-state index is 12.2. The first kappa shape index (κ1) is 18.1. The van der Waals surface area contributed by atoms with Gasteiger partial charge in [0.05, 0.1) is 7.11 Å². The third-order valence-electron chi connectivity index (χ3n) is 3.54. The zero-order chi connectivity index (χ0) is 19.1. The average molecular weight is 368 g/mol. The Labute approximate surface area is 156 Å².